The lowest BCUT2D eigenvalue weighted by Crippen LogP contribution is -2.47. The molecule has 1 aromatic rings. The molecule has 0 bridgehead atoms. The van der Waals surface area contributed by atoms with Gasteiger partial charge in [0.15, 0.2) is 0 Å². The van der Waals surface area contributed by atoms with E-state index in [1.807, 2.05) is 19.4 Å². The molecule has 0 radical (unpaired) electrons. The van der Waals surface area contributed by atoms with Crippen molar-refractivity contribution < 1.29 is 4.79 Å². The second-order valence-corrected chi connectivity index (χ2v) is 4.57. The number of aromatic nitrogens is 2. The number of carbonyl (C=O) groups is 1. The second-order valence-electron chi connectivity index (χ2n) is 4.57. The van der Waals surface area contributed by atoms with Gasteiger partial charge in [0.2, 0.25) is 5.91 Å². The molecule has 1 aliphatic rings. The summed E-state index contributed by atoms with van der Waals surface area (Å²) >= 11 is 0. The van der Waals surface area contributed by atoms with Gasteiger partial charge in [-0.25, -0.2) is 0 Å². The quantitative estimate of drug-likeness (QED) is 0.846. The van der Waals surface area contributed by atoms with Crippen molar-refractivity contribution in [1.82, 2.24) is 20.4 Å². The monoisotopic (exact) mass is 272 g/mol. The van der Waals surface area contributed by atoms with Gasteiger partial charge >= 0.3 is 0 Å². The molecule has 5 nitrogen and oxygen atoms in total. The largest absolute Gasteiger partial charge is 0.354 e. The highest BCUT2D eigenvalue weighted by molar-refractivity contribution is 5.85. The van der Waals surface area contributed by atoms with Crippen LogP contribution < -0.4 is 10.6 Å². The van der Waals surface area contributed by atoms with Gasteiger partial charge in [0.1, 0.15) is 0 Å². The van der Waals surface area contributed by atoms with Gasteiger partial charge < -0.3 is 10.6 Å². The highest BCUT2D eigenvalue weighted by Gasteiger charge is 2.19. The Morgan fingerprint density at radius 3 is 3.06 bits per heavy atom. The van der Waals surface area contributed by atoms with E-state index in [-0.39, 0.29) is 24.4 Å². The summed E-state index contributed by atoms with van der Waals surface area (Å²) in [7, 11) is 1.90. The Bertz CT molecular complexity index is 374. The van der Waals surface area contributed by atoms with Crippen LogP contribution in [0.2, 0.25) is 0 Å². The van der Waals surface area contributed by atoms with E-state index in [4.69, 9.17) is 0 Å². The van der Waals surface area contributed by atoms with E-state index < -0.39 is 0 Å². The number of rotatable bonds is 4. The van der Waals surface area contributed by atoms with E-state index in [1.165, 1.54) is 6.42 Å². The maximum Gasteiger partial charge on any atom is 0.237 e. The maximum atomic E-state index is 11.8. The van der Waals surface area contributed by atoms with Crippen LogP contribution in [0.25, 0.3) is 0 Å². The third-order valence-corrected chi connectivity index (χ3v) is 3.10. The van der Waals surface area contributed by atoms with Crippen molar-refractivity contribution in [3.05, 3.63) is 18.0 Å². The Kier molecular flexibility index (Phi) is 6.15. The lowest BCUT2D eigenvalue weighted by atomic mass is 10.0. The third kappa shape index (κ3) is 4.31. The van der Waals surface area contributed by atoms with E-state index in [2.05, 4.69) is 15.7 Å². The van der Waals surface area contributed by atoms with E-state index in [0.717, 1.165) is 31.4 Å². The van der Waals surface area contributed by atoms with Gasteiger partial charge in [0, 0.05) is 19.8 Å². The number of amides is 1. The zero-order chi connectivity index (χ0) is 12.1. The summed E-state index contributed by atoms with van der Waals surface area (Å²) in [6, 6.07) is 0.0117. The van der Waals surface area contributed by atoms with E-state index in [9.17, 15) is 4.79 Å². The molecule has 2 rings (SSSR count). The molecule has 1 amide bonds. The summed E-state index contributed by atoms with van der Waals surface area (Å²) < 4.78 is 1.78. The van der Waals surface area contributed by atoms with Crippen molar-refractivity contribution in [2.75, 3.05) is 13.1 Å². The summed E-state index contributed by atoms with van der Waals surface area (Å²) in [6.07, 6.45) is 7.94. The number of hydrogen-bond donors (Lipinski definition) is 2. The summed E-state index contributed by atoms with van der Waals surface area (Å²) in [5, 5.41) is 10.3. The SMILES string of the molecule is Cl.Cn1cc(CCNC(=O)C2CCCCN2)cn1. The topological polar surface area (TPSA) is 59.0 Å². The van der Waals surface area contributed by atoms with Crippen LogP contribution in [0.1, 0.15) is 24.8 Å². The lowest BCUT2D eigenvalue weighted by Gasteiger charge is -2.22. The molecule has 0 aromatic carbocycles. The molecule has 2 N–H and O–H groups in total. The van der Waals surface area contributed by atoms with E-state index in [1.54, 1.807) is 4.68 Å². The van der Waals surface area contributed by atoms with Gasteiger partial charge in [-0.2, -0.15) is 5.10 Å². The minimum absolute atomic E-state index is 0. The number of nitrogens with one attached hydrogen (secondary N) is 2. The van der Waals surface area contributed by atoms with Gasteiger partial charge in [0.25, 0.3) is 0 Å². The molecule has 18 heavy (non-hydrogen) atoms. The zero-order valence-electron chi connectivity index (χ0n) is 10.7. The van der Waals surface area contributed by atoms with Crippen LogP contribution in [0, 0.1) is 0 Å². The summed E-state index contributed by atoms with van der Waals surface area (Å²) in [6.45, 7) is 1.64. The van der Waals surface area contributed by atoms with Gasteiger partial charge in [-0.15, -0.1) is 12.4 Å². The molecule has 2 heterocycles. The fraction of sp³-hybridized carbons (Fsp3) is 0.667. The molecule has 0 saturated carbocycles. The summed E-state index contributed by atoms with van der Waals surface area (Å²) in [4.78, 5) is 11.8. The Morgan fingerprint density at radius 1 is 1.61 bits per heavy atom. The fourth-order valence-electron chi connectivity index (χ4n) is 2.13. The average molecular weight is 273 g/mol. The smallest absolute Gasteiger partial charge is 0.237 e. The van der Waals surface area contributed by atoms with E-state index >= 15 is 0 Å². The number of nitrogens with zero attached hydrogens (tertiary/aromatic N) is 2. The first-order chi connectivity index (χ1) is 8.25. The predicted molar refractivity (Wildman–Crippen MR) is 72.8 cm³/mol. The van der Waals surface area contributed by atoms with Crippen molar-refractivity contribution >= 4 is 18.3 Å². The Morgan fingerprint density at radius 2 is 2.44 bits per heavy atom. The van der Waals surface area contributed by atoms with Crippen molar-refractivity contribution in [3.8, 4) is 0 Å². The first-order valence-electron chi connectivity index (χ1n) is 6.24. The molecule has 1 atom stereocenters. The van der Waals surface area contributed by atoms with Crippen LogP contribution in [0.3, 0.4) is 0 Å². The minimum atomic E-state index is 0. The molecular formula is C12H21ClN4O. The number of carbonyl (C=O) groups excluding carboxylic acids is 1. The highest BCUT2D eigenvalue weighted by Crippen LogP contribution is 2.06. The first kappa shape index (κ1) is 15.0. The van der Waals surface area contributed by atoms with Crippen LogP contribution in [0.4, 0.5) is 0 Å². The number of hydrogen-bond acceptors (Lipinski definition) is 3. The van der Waals surface area contributed by atoms with Crippen molar-refractivity contribution in [2.24, 2.45) is 7.05 Å². The molecular weight excluding hydrogens is 252 g/mol. The second kappa shape index (κ2) is 7.38. The maximum absolute atomic E-state index is 11.8. The molecule has 1 saturated heterocycles. The number of halogens is 1. The number of piperidine rings is 1. The molecule has 0 aliphatic carbocycles. The van der Waals surface area contributed by atoms with Crippen LogP contribution in [0.15, 0.2) is 12.4 Å². The van der Waals surface area contributed by atoms with E-state index in [0.29, 0.717) is 6.54 Å². The average Bonchev–Trinajstić information content (AvgIpc) is 2.76. The molecule has 0 spiro atoms. The molecule has 1 aliphatic heterocycles. The van der Waals surface area contributed by atoms with Crippen molar-refractivity contribution in [1.29, 1.82) is 0 Å². The Hall–Kier alpha value is -1.07. The molecule has 1 aromatic heterocycles. The van der Waals surface area contributed by atoms with Gasteiger partial charge in [-0.3, -0.25) is 9.48 Å². The molecule has 1 unspecified atom stereocenters. The fourth-order valence-corrected chi connectivity index (χ4v) is 2.13. The summed E-state index contributed by atoms with van der Waals surface area (Å²) in [5.74, 6) is 0.133. The Balaban J connectivity index is 0.00000162. The lowest BCUT2D eigenvalue weighted by molar-refractivity contribution is -0.123. The normalized spacial score (nSPS) is 19.1. The number of aryl methyl sites for hydroxylation is 1. The van der Waals surface area contributed by atoms with Crippen molar-refractivity contribution in [2.45, 2.75) is 31.7 Å². The Labute approximate surface area is 114 Å². The zero-order valence-corrected chi connectivity index (χ0v) is 11.5. The van der Waals surface area contributed by atoms with Crippen LogP contribution in [-0.4, -0.2) is 34.8 Å². The minimum Gasteiger partial charge on any atom is -0.354 e. The third-order valence-electron chi connectivity index (χ3n) is 3.10. The van der Waals surface area contributed by atoms with Crippen LogP contribution in [-0.2, 0) is 18.3 Å². The molecule has 102 valence electrons. The standard InChI is InChI=1S/C12H20N4O.ClH/c1-16-9-10(8-15-16)5-7-14-12(17)11-4-2-3-6-13-11;/h8-9,11,13H,2-7H2,1H3,(H,14,17);1H. The van der Waals surface area contributed by atoms with Crippen LogP contribution in [0.5, 0.6) is 0 Å². The van der Waals surface area contributed by atoms with Crippen LogP contribution >= 0.6 is 12.4 Å². The molecule has 6 heteroatoms. The van der Waals surface area contributed by atoms with Gasteiger partial charge in [0.05, 0.1) is 12.2 Å². The van der Waals surface area contributed by atoms with Gasteiger partial charge in [-0.1, -0.05) is 6.42 Å². The summed E-state index contributed by atoms with van der Waals surface area (Å²) in [5.41, 5.74) is 1.16. The van der Waals surface area contributed by atoms with Crippen molar-refractivity contribution in [3.63, 3.8) is 0 Å². The van der Waals surface area contributed by atoms with Gasteiger partial charge in [-0.05, 0) is 31.4 Å². The predicted octanol–water partition coefficient (Wildman–Crippen LogP) is 0.643. The first-order valence-corrected chi connectivity index (χ1v) is 6.24. The molecule has 1 fully saturated rings. The highest BCUT2D eigenvalue weighted by atomic mass is 35.5.